The van der Waals surface area contributed by atoms with Crippen LogP contribution in [0.25, 0.3) is 5.65 Å². The number of hydrogen-bond acceptors (Lipinski definition) is 1. The van der Waals surface area contributed by atoms with E-state index in [9.17, 15) is 0 Å². The molecular weight excluding hydrogens is 208 g/mol. The second kappa shape index (κ2) is 3.86. The number of fused-ring (bicyclic) bond motifs is 1. The van der Waals surface area contributed by atoms with Crippen LogP contribution < -0.4 is 0 Å². The van der Waals surface area contributed by atoms with Gasteiger partial charge < -0.3 is 4.40 Å². The minimum atomic E-state index is 0.416. The summed E-state index contributed by atoms with van der Waals surface area (Å²) in [5, 5.41) is 0. The Morgan fingerprint density at radius 3 is 2.80 bits per heavy atom. The summed E-state index contributed by atoms with van der Waals surface area (Å²) >= 11 is 5.98. The molecule has 15 heavy (non-hydrogen) atoms. The van der Waals surface area contributed by atoms with E-state index in [1.807, 2.05) is 6.20 Å². The van der Waals surface area contributed by atoms with Gasteiger partial charge >= 0.3 is 0 Å². The van der Waals surface area contributed by atoms with E-state index in [2.05, 4.69) is 42.3 Å². The van der Waals surface area contributed by atoms with Gasteiger partial charge in [0, 0.05) is 6.20 Å². The summed E-state index contributed by atoms with van der Waals surface area (Å²) in [6.45, 7) is 6.36. The minimum absolute atomic E-state index is 0.416. The fourth-order valence-corrected chi connectivity index (χ4v) is 2.08. The van der Waals surface area contributed by atoms with Crippen molar-refractivity contribution in [1.29, 1.82) is 0 Å². The average molecular weight is 223 g/mol. The van der Waals surface area contributed by atoms with Crippen LogP contribution in [0.3, 0.4) is 0 Å². The highest BCUT2D eigenvalue weighted by atomic mass is 35.5. The second-order valence-corrected chi connectivity index (χ2v) is 4.43. The van der Waals surface area contributed by atoms with E-state index in [1.165, 1.54) is 5.56 Å². The molecule has 80 valence electrons. The largest absolute Gasteiger partial charge is 0.303 e. The van der Waals surface area contributed by atoms with Crippen molar-refractivity contribution in [2.45, 2.75) is 32.6 Å². The summed E-state index contributed by atoms with van der Waals surface area (Å²) in [5.74, 6) is 0.927. The molecule has 0 N–H and O–H groups in total. The minimum Gasteiger partial charge on any atom is -0.303 e. The first-order chi connectivity index (χ1) is 7.13. The fraction of sp³-hybridized carbons (Fsp3) is 0.417. The number of imidazole rings is 1. The first-order valence-electron chi connectivity index (χ1n) is 5.17. The van der Waals surface area contributed by atoms with Crippen molar-refractivity contribution in [2.24, 2.45) is 0 Å². The van der Waals surface area contributed by atoms with Gasteiger partial charge in [-0.2, -0.15) is 0 Å². The Hall–Kier alpha value is -1.02. The molecule has 0 spiro atoms. The number of alkyl halides is 1. The first-order valence-corrected chi connectivity index (χ1v) is 5.70. The zero-order valence-electron chi connectivity index (χ0n) is 9.29. The molecule has 0 aliphatic heterocycles. The van der Waals surface area contributed by atoms with Crippen molar-refractivity contribution < 1.29 is 0 Å². The molecule has 2 heterocycles. The Labute approximate surface area is 94.9 Å². The first kappa shape index (κ1) is 10.5. The lowest BCUT2D eigenvalue weighted by atomic mass is 10.1. The molecule has 0 aromatic carbocycles. The van der Waals surface area contributed by atoms with Crippen LogP contribution in [0, 0.1) is 6.92 Å². The maximum Gasteiger partial charge on any atom is 0.137 e. The molecule has 0 amide bonds. The molecule has 2 rings (SSSR count). The van der Waals surface area contributed by atoms with Gasteiger partial charge in [0.1, 0.15) is 5.65 Å². The number of aromatic nitrogens is 2. The molecule has 0 saturated heterocycles. The number of hydrogen-bond donors (Lipinski definition) is 0. The highest BCUT2D eigenvalue weighted by Crippen LogP contribution is 2.22. The van der Waals surface area contributed by atoms with E-state index in [-0.39, 0.29) is 0 Å². The topological polar surface area (TPSA) is 17.3 Å². The van der Waals surface area contributed by atoms with Gasteiger partial charge in [-0.05, 0) is 30.5 Å². The van der Waals surface area contributed by atoms with E-state index in [0.29, 0.717) is 11.8 Å². The normalized spacial score (nSPS) is 11.5. The Morgan fingerprint density at radius 1 is 1.47 bits per heavy atom. The molecule has 2 nitrogen and oxygen atoms in total. The molecule has 0 bridgehead atoms. The molecule has 0 radical (unpaired) electrons. The van der Waals surface area contributed by atoms with Crippen LogP contribution in [0.15, 0.2) is 18.3 Å². The van der Waals surface area contributed by atoms with Gasteiger partial charge in [0.25, 0.3) is 0 Å². The molecular formula is C12H15ClN2. The highest BCUT2D eigenvalue weighted by molar-refractivity contribution is 6.17. The molecule has 0 atom stereocenters. The van der Waals surface area contributed by atoms with Crippen molar-refractivity contribution in [3.8, 4) is 0 Å². The van der Waals surface area contributed by atoms with Crippen molar-refractivity contribution in [3.05, 3.63) is 35.3 Å². The van der Waals surface area contributed by atoms with Crippen molar-refractivity contribution in [3.63, 3.8) is 0 Å². The van der Waals surface area contributed by atoms with E-state index < -0.39 is 0 Å². The maximum absolute atomic E-state index is 5.98. The van der Waals surface area contributed by atoms with Gasteiger partial charge in [-0.15, -0.1) is 11.6 Å². The summed E-state index contributed by atoms with van der Waals surface area (Å²) in [6.07, 6.45) is 2.04. The molecule has 3 heteroatoms. The van der Waals surface area contributed by atoms with Crippen LogP contribution in [0.5, 0.6) is 0 Å². The lowest BCUT2D eigenvalue weighted by Crippen LogP contribution is -1.95. The van der Waals surface area contributed by atoms with Crippen molar-refractivity contribution in [2.75, 3.05) is 0 Å². The number of aryl methyl sites for hydroxylation is 1. The Bertz CT molecular complexity index is 486. The van der Waals surface area contributed by atoms with E-state index in [0.717, 1.165) is 17.0 Å². The third-order valence-electron chi connectivity index (χ3n) is 2.59. The third kappa shape index (κ3) is 1.74. The average Bonchev–Trinajstić information content (AvgIpc) is 2.55. The van der Waals surface area contributed by atoms with Gasteiger partial charge in [-0.3, -0.25) is 0 Å². The van der Waals surface area contributed by atoms with Gasteiger partial charge in [-0.1, -0.05) is 13.8 Å². The molecule has 2 aromatic heterocycles. The molecule has 2 aromatic rings. The SMILES string of the molecule is Cc1ccn2c(CCl)c(C(C)C)nc2c1. The molecule has 0 saturated carbocycles. The second-order valence-electron chi connectivity index (χ2n) is 4.16. The predicted octanol–water partition coefficient (Wildman–Crippen LogP) is 3.50. The van der Waals surface area contributed by atoms with Crippen LogP contribution in [0.2, 0.25) is 0 Å². The van der Waals surface area contributed by atoms with Crippen LogP contribution >= 0.6 is 11.6 Å². The molecule has 0 unspecified atom stereocenters. The third-order valence-corrected chi connectivity index (χ3v) is 2.84. The highest BCUT2D eigenvalue weighted by Gasteiger charge is 2.13. The van der Waals surface area contributed by atoms with Crippen LogP contribution in [-0.4, -0.2) is 9.38 Å². The fourth-order valence-electron chi connectivity index (χ4n) is 1.81. The lowest BCUT2D eigenvalue weighted by Gasteiger charge is -2.03. The number of halogens is 1. The van der Waals surface area contributed by atoms with E-state index in [4.69, 9.17) is 11.6 Å². The van der Waals surface area contributed by atoms with Gasteiger partial charge in [0.15, 0.2) is 0 Å². The maximum atomic E-state index is 5.98. The number of nitrogens with zero attached hydrogens (tertiary/aromatic N) is 2. The number of pyridine rings is 1. The van der Waals surface area contributed by atoms with Crippen molar-refractivity contribution >= 4 is 17.2 Å². The predicted molar refractivity (Wildman–Crippen MR) is 63.6 cm³/mol. The summed E-state index contributed by atoms with van der Waals surface area (Å²) in [7, 11) is 0. The Kier molecular flexibility index (Phi) is 2.70. The van der Waals surface area contributed by atoms with Gasteiger partial charge in [0.05, 0.1) is 17.3 Å². The lowest BCUT2D eigenvalue weighted by molar-refractivity contribution is 0.818. The smallest absolute Gasteiger partial charge is 0.137 e. The number of rotatable bonds is 2. The van der Waals surface area contributed by atoms with Gasteiger partial charge in [0.2, 0.25) is 0 Å². The Balaban J connectivity index is 2.73. The quantitative estimate of drug-likeness (QED) is 0.711. The molecule has 0 aliphatic carbocycles. The van der Waals surface area contributed by atoms with E-state index in [1.54, 1.807) is 0 Å². The summed E-state index contributed by atoms with van der Waals surface area (Å²) in [4.78, 5) is 4.62. The van der Waals surface area contributed by atoms with Crippen molar-refractivity contribution in [1.82, 2.24) is 9.38 Å². The standard InChI is InChI=1S/C12H15ClN2/c1-8(2)12-10(7-13)15-5-4-9(3)6-11(15)14-12/h4-6,8H,7H2,1-3H3. The summed E-state index contributed by atoms with van der Waals surface area (Å²) < 4.78 is 2.08. The van der Waals surface area contributed by atoms with E-state index >= 15 is 0 Å². The van der Waals surface area contributed by atoms with Crippen LogP contribution in [0.1, 0.15) is 36.7 Å². The monoisotopic (exact) mass is 222 g/mol. The summed E-state index contributed by atoms with van der Waals surface area (Å²) in [5.41, 5.74) is 4.44. The molecule has 0 aliphatic rings. The zero-order valence-corrected chi connectivity index (χ0v) is 10.0. The van der Waals surface area contributed by atoms with Crippen LogP contribution in [-0.2, 0) is 5.88 Å². The zero-order chi connectivity index (χ0) is 11.0. The molecule has 0 fully saturated rings. The van der Waals surface area contributed by atoms with Crippen LogP contribution in [0.4, 0.5) is 0 Å². The Morgan fingerprint density at radius 2 is 2.20 bits per heavy atom. The summed E-state index contributed by atoms with van der Waals surface area (Å²) in [6, 6.07) is 4.16. The van der Waals surface area contributed by atoms with Gasteiger partial charge in [-0.25, -0.2) is 4.98 Å².